The Morgan fingerprint density at radius 2 is 1.05 bits per heavy atom. The Morgan fingerprint density at radius 3 is 1.40 bits per heavy atom. The van der Waals surface area contributed by atoms with Gasteiger partial charge < -0.3 is 40.2 Å². The van der Waals surface area contributed by atoms with Crippen molar-refractivity contribution in [3.8, 4) is 0 Å². The minimum atomic E-state index is -0.510. The van der Waals surface area contributed by atoms with E-state index in [1.807, 2.05) is 48.5 Å². The van der Waals surface area contributed by atoms with E-state index in [4.69, 9.17) is 30.4 Å². The third kappa shape index (κ3) is 5.48. The van der Waals surface area contributed by atoms with Gasteiger partial charge in [0, 0.05) is 48.9 Å². The molecule has 0 saturated carbocycles. The Balaban J connectivity index is 1.18. The molecule has 2 unspecified atom stereocenters. The van der Waals surface area contributed by atoms with Gasteiger partial charge in [-0.05, 0) is 48.5 Å². The van der Waals surface area contributed by atoms with Gasteiger partial charge in [0.05, 0.1) is 39.5 Å². The van der Waals surface area contributed by atoms with Crippen LogP contribution in [0.5, 0.6) is 0 Å². The molecule has 4 saturated heterocycles. The highest BCUT2D eigenvalue weighted by atomic mass is 16.6. The maximum atomic E-state index is 14.1. The minimum Gasteiger partial charge on any atom is -0.443 e. The number of nitrogens with two attached hydrogens (primary N) is 2. The van der Waals surface area contributed by atoms with E-state index in [-0.39, 0.29) is 44.3 Å². The Kier molecular flexibility index (Phi) is 8.16. The van der Waals surface area contributed by atoms with Crippen molar-refractivity contribution < 1.29 is 33.3 Å². The number of ketones is 1. The van der Waals surface area contributed by atoms with E-state index in [9.17, 15) is 14.4 Å². The lowest BCUT2D eigenvalue weighted by Gasteiger charge is -2.42. The average molecular weight is 581 g/mol. The summed E-state index contributed by atoms with van der Waals surface area (Å²) in [6.07, 6.45) is -1.47. The van der Waals surface area contributed by atoms with Gasteiger partial charge in [0.25, 0.3) is 0 Å². The van der Waals surface area contributed by atoms with Crippen molar-refractivity contribution in [2.45, 2.75) is 24.3 Å². The quantitative estimate of drug-likeness (QED) is 0.459. The number of rotatable bonds is 8. The zero-order valence-corrected chi connectivity index (χ0v) is 23.3. The van der Waals surface area contributed by atoms with Gasteiger partial charge in [0.1, 0.15) is 24.3 Å². The maximum absolute atomic E-state index is 14.1. The fraction of sp³-hybridized carbons (Fsp3) is 0.483. The van der Waals surface area contributed by atoms with Crippen LogP contribution in [0.25, 0.3) is 0 Å². The van der Waals surface area contributed by atoms with Gasteiger partial charge >= 0.3 is 12.2 Å². The number of hydrogen-bond donors (Lipinski definition) is 2. The number of anilines is 4. The number of hydrogen-bond acceptors (Lipinski definition) is 11. The van der Waals surface area contributed by atoms with E-state index in [1.165, 1.54) is 0 Å². The molecule has 4 atom stereocenters. The molecule has 0 aliphatic carbocycles. The van der Waals surface area contributed by atoms with Gasteiger partial charge in [-0.2, -0.15) is 0 Å². The fourth-order valence-corrected chi connectivity index (χ4v) is 5.88. The van der Waals surface area contributed by atoms with Gasteiger partial charge in [-0.25, -0.2) is 9.59 Å². The predicted octanol–water partition coefficient (Wildman–Crippen LogP) is 0.934. The van der Waals surface area contributed by atoms with Crippen LogP contribution >= 0.6 is 0 Å². The number of nitrogens with zero attached hydrogens (tertiary/aromatic N) is 4. The molecule has 6 rings (SSSR count). The summed E-state index contributed by atoms with van der Waals surface area (Å²) in [5.41, 5.74) is 14.5. The van der Waals surface area contributed by atoms with Crippen molar-refractivity contribution in [3.05, 3.63) is 48.5 Å². The molecule has 42 heavy (non-hydrogen) atoms. The zero-order chi connectivity index (χ0) is 29.2. The Morgan fingerprint density at radius 1 is 0.667 bits per heavy atom. The molecule has 4 aliphatic heterocycles. The van der Waals surface area contributed by atoms with Crippen LogP contribution in [0.1, 0.15) is 0 Å². The molecule has 0 bridgehead atoms. The average Bonchev–Trinajstić information content (AvgIpc) is 3.62. The summed E-state index contributed by atoms with van der Waals surface area (Å²) >= 11 is 0. The second-order valence-corrected chi connectivity index (χ2v) is 10.7. The van der Waals surface area contributed by atoms with Crippen molar-refractivity contribution in [2.75, 3.05) is 85.3 Å². The van der Waals surface area contributed by atoms with Crippen molar-refractivity contribution in [1.29, 1.82) is 0 Å². The molecule has 0 aromatic heterocycles. The van der Waals surface area contributed by atoms with Crippen LogP contribution in [0.15, 0.2) is 48.5 Å². The number of morpholine rings is 2. The molecule has 224 valence electrons. The van der Waals surface area contributed by atoms with Gasteiger partial charge in [-0.1, -0.05) is 0 Å². The number of cyclic esters (lactones) is 2. The molecule has 0 radical (unpaired) electrons. The summed E-state index contributed by atoms with van der Waals surface area (Å²) in [5, 5.41) is 0. The first kappa shape index (κ1) is 28.2. The van der Waals surface area contributed by atoms with Gasteiger partial charge in [0.15, 0.2) is 5.78 Å². The number of benzene rings is 2. The van der Waals surface area contributed by atoms with Crippen molar-refractivity contribution >= 4 is 40.7 Å². The molecule has 4 heterocycles. The summed E-state index contributed by atoms with van der Waals surface area (Å²) < 4.78 is 22.1. The van der Waals surface area contributed by atoms with E-state index in [0.29, 0.717) is 50.8 Å². The first-order valence-corrected chi connectivity index (χ1v) is 14.3. The van der Waals surface area contributed by atoms with Crippen LogP contribution in [0, 0.1) is 0 Å². The Hall–Kier alpha value is -3.91. The first-order chi connectivity index (χ1) is 20.5. The van der Waals surface area contributed by atoms with E-state index < -0.39 is 24.3 Å². The normalized spacial score (nSPS) is 26.4. The maximum Gasteiger partial charge on any atom is 0.414 e. The third-order valence-electron chi connectivity index (χ3n) is 8.17. The van der Waals surface area contributed by atoms with Crippen LogP contribution < -0.4 is 31.1 Å². The number of ether oxygens (including phenoxy) is 4. The summed E-state index contributed by atoms with van der Waals surface area (Å²) in [6.45, 7) is 3.98. The van der Waals surface area contributed by atoms with E-state index >= 15 is 0 Å². The third-order valence-corrected chi connectivity index (χ3v) is 8.17. The van der Waals surface area contributed by atoms with Gasteiger partial charge in [-0.3, -0.25) is 14.6 Å². The molecule has 4 fully saturated rings. The van der Waals surface area contributed by atoms with Crippen molar-refractivity contribution in [1.82, 2.24) is 0 Å². The molecule has 0 spiro atoms. The highest BCUT2D eigenvalue weighted by molar-refractivity contribution is 5.95. The van der Waals surface area contributed by atoms with Crippen LogP contribution in [0.3, 0.4) is 0 Å². The second kappa shape index (κ2) is 12.1. The minimum absolute atomic E-state index is 0.00497. The molecule has 13 heteroatoms. The van der Waals surface area contributed by atoms with Crippen molar-refractivity contribution in [2.24, 2.45) is 11.5 Å². The lowest BCUT2D eigenvalue weighted by atomic mass is 9.99. The molecule has 2 aromatic rings. The molecule has 2 aromatic carbocycles. The first-order valence-electron chi connectivity index (χ1n) is 14.3. The van der Waals surface area contributed by atoms with Crippen LogP contribution in [-0.2, 0) is 23.7 Å². The molecular weight excluding hydrogens is 544 g/mol. The van der Waals surface area contributed by atoms with E-state index in [0.717, 1.165) is 11.4 Å². The monoisotopic (exact) mass is 580 g/mol. The zero-order valence-electron chi connectivity index (χ0n) is 23.3. The molecule has 4 N–H and O–H groups in total. The molecule has 4 aliphatic rings. The highest BCUT2D eigenvalue weighted by Gasteiger charge is 2.39. The number of carbonyl (C=O) groups excluding carboxylic acids is 3. The predicted molar refractivity (Wildman–Crippen MR) is 155 cm³/mol. The topological polar surface area (TPSA) is 153 Å². The van der Waals surface area contributed by atoms with Crippen molar-refractivity contribution in [3.63, 3.8) is 0 Å². The number of Topliss-reactive ketones (excluding diaryl/α,β-unsaturated/α-hetero) is 1. The summed E-state index contributed by atoms with van der Waals surface area (Å²) in [6, 6.07) is 14.1. The fourth-order valence-electron chi connectivity index (χ4n) is 5.88. The van der Waals surface area contributed by atoms with Gasteiger partial charge in [0.2, 0.25) is 0 Å². The molecule has 2 amide bonds. The lowest BCUT2D eigenvalue weighted by Crippen LogP contribution is -2.59. The Bertz CT molecular complexity index is 1190. The van der Waals surface area contributed by atoms with Gasteiger partial charge in [-0.15, -0.1) is 0 Å². The number of carbonyl (C=O) groups is 3. The van der Waals surface area contributed by atoms with Crippen LogP contribution in [-0.4, -0.2) is 108 Å². The highest BCUT2D eigenvalue weighted by Crippen LogP contribution is 2.30. The van der Waals surface area contributed by atoms with E-state index in [1.54, 1.807) is 9.80 Å². The smallest absolute Gasteiger partial charge is 0.414 e. The van der Waals surface area contributed by atoms with E-state index in [2.05, 4.69) is 9.80 Å². The summed E-state index contributed by atoms with van der Waals surface area (Å²) in [5.74, 6) is 0.00497. The number of amides is 2. The molecular formula is C29H36N6O7. The van der Waals surface area contributed by atoms with Crippen LogP contribution in [0.4, 0.5) is 32.3 Å². The molecule has 13 nitrogen and oxygen atoms in total. The standard InChI is InChI=1S/C29H36N6O7/c30-13-23-15-34(28(37)41-23)21-5-1-19(2-6-21)32-9-11-39-17-25(32)27(36)26-18-40-12-10-33(26)20-3-7-22(8-4-20)35-16-24(14-31)42-29(35)38/h1-8,23-26H,9-18,30-31H2/t23-,24-,25?,26?/m0/s1. The SMILES string of the molecule is NC[C@H]1CN(c2ccc(N3CCOCC3C(=O)C3COCCN3c3ccc(N4C[C@H](CN)OC4=O)cc3)cc2)C(=O)O1. The van der Waals surface area contributed by atoms with Crippen LogP contribution in [0.2, 0.25) is 0 Å². The lowest BCUT2D eigenvalue weighted by molar-refractivity contribution is -0.126. The summed E-state index contributed by atoms with van der Waals surface area (Å²) in [4.78, 5) is 45.8. The largest absolute Gasteiger partial charge is 0.443 e. The Labute approximate surface area is 243 Å². The second-order valence-electron chi connectivity index (χ2n) is 10.7. The summed E-state index contributed by atoms with van der Waals surface area (Å²) in [7, 11) is 0.